The minimum absolute atomic E-state index is 0.726. The van der Waals surface area contributed by atoms with E-state index >= 15 is 0 Å². The van der Waals surface area contributed by atoms with Crippen molar-refractivity contribution in [1.29, 1.82) is 0 Å². The molecule has 0 saturated carbocycles. The smallest absolute Gasteiger partial charge is 0.120 e. The highest BCUT2D eigenvalue weighted by atomic mass is 16.5. The lowest BCUT2D eigenvalue weighted by molar-refractivity contribution is 0.171. The molecule has 0 saturated heterocycles. The molecule has 2 heteroatoms. The van der Waals surface area contributed by atoms with Gasteiger partial charge in [0.15, 0.2) is 0 Å². The molecule has 1 atom stereocenters. The van der Waals surface area contributed by atoms with E-state index in [1.165, 1.54) is 37.1 Å². The molecule has 0 aromatic heterocycles. The first-order valence-corrected chi connectivity index (χ1v) is 6.65. The lowest BCUT2D eigenvalue weighted by Gasteiger charge is -2.31. The lowest BCUT2D eigenvalue weighted by Crippen LogP contribution is -2.29. The van der Waals surface area contributed by atoms with Gasteiger partial charge < -0.3 is 10.1 Å². The van der Waals surface area contributed by atoms with Gasteiger partial charge in [0.2, 0.25) is 0 Å². The van der Waals surface area contributed by atoms with Crippen LogP contribution in [0.2, 0.25) is 0 Å². The molecule has 2 aliphatic rings. The highest BCUT2D eigenvalue weighted by Gasteiger charge is 2.24. The Morgan fingerprint density at radius 2 is 2.25 bits per heavy atom. The molecule has 1 aliphatic carbocycles. The van der Waals surface area contributed by atoms with E-state index < -0.39 is 0 Å². The summed E-state index contributed by atoms with van der Waals surface area (Å²) in [6.45, 7) is 6.31. The van der Waals surface area contributed by atoms with Gasteiger partial charge in [0.25, 0.3) is 0 Å². The normalized spacial score (nSPS) is 24.4. The van der Waals surface area contributed by atoms with Gasteiger partial charge in [0.05, 0.1) is 5.70 Å². The quantitative estimate of drug-likeness (QED) is 0.786. The summed E-state index contributed by atoms with van der Waals surface area (Å²) >= 11 is 0. The van der Waals surface area contributed by atoms with E-state index in [2.05, 4.69) is 25.2 Å². The Morgan fingerprint density at radius 1 is 1.38 bits per heavy atom. The van der Waals surface area contributed by atoms with Gasteiger partial charge in [0.1, 0.15) is 12.4 Å². The molecular formula is C14H23NO. The van der Waals surface area contributed by atoms with E-state index in [0.29, 0.717) is 0 Å². The Hall–Kier alpha value is -0.920. The maximum absolute atomic E-state index is 5.76. The lowest BCUT2D eigenvalue weighted by atomic mass is 9.83. The van der Waals surface area contributed by atoms with Crippen LogP contribution in [0.3, 0.4) is 0 Å². The van der Waals surface area contributed by atoms with E-state index in [-0.39, 0.29) is 0 Å². The van der Waals surface area contributed by atoms with Crippen molar-refractivity contribution in [2.24, 2.45) is 5.92 Å². The zero-order chi connectivity index (χ0) is 11.4. The van der Waals surface area contributed by atoms with Crippen molar-refractivity contribution in [1.82, 2.24) is 5.32 Å². The van der Waals surface area contributed by atoms with Crippen LogP contribution in [0.4, 0.5) is 0 Å². The molecule has 0 bridgehead atoms. The first-order chi connectivity index (χ1) is 7.85. The highest BCUT2D eigenvalue weighted by Crippen LogP contribution is 2.35. The molecule has 1 N–H and O–H groups in total. The average Bonchev–Trinajstić information content (AvgIpc) is 2.30. The van der Waals surface area contributed by atoms with Crippen LogP contribution < -0.4 is 5.32 Å². The molecule has 0 amide bonds. The fourth-order valence-electron chi connectivity index (χ4n) is 2.70. The zero-order valence-electron chi connectivity index (χ0n) is 10.5. The van der Waals surface area contributed by atoms with Crippen molar-refractivity contribution in [2.45, 2.75) is 46.0 Å². The standard InChI is InChI=1S/C14H23NO/c1-3-5-11-9-13-14(16-8-7-15-13)10-12(11)6-4-2/h9,12,15H,3-8,10H2,1-2H3. The summed E-state index contributed by atoms with van der Waals surface area (Å²) in [7, 11) is 0. The fourth-order valence-corrected chi connectivity index (χ4v) is 2.70. The van der Waals surface area contributed by atoms with Gasteiger partial charge in [-0.2, -0.15) is 0 Å². The van der Waals surface area contributed by atoms with Gasteiger partial charge in [-0.05, 0) is 24.8 Å². The van der Waals surface area contributed by atoms with Crippen LogP contribution in [-0.4, -0.2) is 13.2 Å². The number of allylic oxidation sites excluding steroid dienone is 3. The second-order valence-electron chi connectivity index (χ2n) is 4.77. The van der Waals surface area contributed by atoms with E-state index in [0.717, 1.165) is 25.5 Å². The minimum atomic E-state index is 0.726. The number of hydrogen-bond acceptors (Lipinski definition) is 2. The molecular weight excluding hydrogens is 198 g/mol. The van der Waals surface area contributed by atoms with Crippen LogP contribution in [0.5, 0.6) is 0 Å². The van der Waals surface area contributed by atoms with Gasteiger partial charge in [-0.15, -0.1) is 0 Å². The van der Waals surface area contributed by atoms with Crippen LogP contribution in [0.25, 0.3) is 0 Å². The van der Waals surface area contributed by atoms with Crippen LogP contribution in [-0.2, 0) is 4.74 Å². The molecule has 1 aliphatic heterocycles. The van der Waals surface area contributed by atoms with Crippen molar-refractivity contribution in [3.05, 3.63) is 23.1 Å². The second-order valence-corrected chi connectivity index (χ2v) is 4.77. The summed E-state index contributed by atoms with van der Waals surface area (Å²) in [6.07, 6.45) is 8.51. The number of ether oxygens (including phenoxy) is 1. The van der Waals surface area contributed by atoms with Crippen molar-refractivity contribution in [2.75, 3.05) is 13.2 Å². The van der Waals surface area contributed by atoms with Crippen LogP contribution in [0, 0.1) is 5.92 Å². The Kier molecular flexibility index (Phi) is 3.92. The topological polar surface area (TPSA) is 21.3 Å². The molecule has 2 nitrogen and oxygen atoms in total. The van der Waals surface area contributed by atoms with Gasteiger partial charge in [-0.1, -0.05) is 32.3 Å². The zero-order valence-corrected chi connectivity index (χ0v) is 10.5. The van der Waals surface area contributed by atoms with Gasteiger partial charge in [-0.3, -0.25) is 0 Å². The number of rotatable bonds is 4. The average molecular weight is 221 g/mol. The Balaban J connectivity index is 2.15. The van der Waals surface area contributed by atoms with Gasteiger partial charge in [-0.25, -0.2) is 0 Å². The van der Waals surface area contributed by atoms with Gasteiger partial charge in [0, 0.05) is 13.0 Å². The second kappa shape index (κ2) is 5.42. The van der Waals surface area contributed by atoms with E-state index in [9.17, 15) is 0 Å². The summed E-state index contributed by atoms with van der Waals surface area (Å²) < 4.78 is 5.76. The predicted octanol–water partition coefficient (Wildman–Crippen LogP) is 3.36. The monoisotopic (exact) mass is 221 g/mol. The molecule has 2 rings (SSSR count). The summed E-state index contributed by atoms with van der Waals surface area (Å²) in [4.78, 5) is 0. The summed E-state index contributed by atoms with van der Waals surface area (Å²) in [5.41, 5.74) is 2.88. The molecule has 0 aromatic rings. The van der Waals surface area contributed by atoms with Crippen LogP contribution >= 0.6 is 0 Å². The molecule has 0 aromatic carbocycles. The first kappa shape index (κ1) is 11.6. The molecule has 0 spiro atoms. The first-order valence-electron chi connectivity index (χ1n) is 6.65. The molecule has 0 fully saturated rings. The Labute approximate surface area is 98.8 Å². The van der Waals surface area contributed by atoms with Crippen molar-refractivity contribution in [3.63, 3.8) is 0 Å². The molecule has 1 heterocycles. The summed E-state index contributed by atoms with van der Waals surface area (Å²) in [5, 5.41) is 3.45. The predicted molar refractivity (Wildman–Crippen MR) is 67.0 cm³/mol. The van der Waals surface area contributed by atoms with E-state index in [4.69, 9.17) is 4.74 Å². The molecule has 0 radical (unpaired) electrons. The van der Waals surface area contributed by atoms with Crippen molar-refractivity contribution in [3.8, 4) is 0 Å². The molecule has 90 valence electrons. The third-order valence-electron chi connectivity index (χ3n) is 3.46. The molecule has 1 unspecified atom stereocenters. The Morgan fingerprint density at radius 3 is 3.00 bits per heavy atom. The van der Waals surface area contributed by atoms with Crippen LogP contribution in [0.1, 0.15) is 46.0 Å². The maximum Gasteiger partial charge on any atom is 0.120 e. The summed E-state index contributed by atoms with van der Waals surface area (Å²) in [5.74, 6) is 1.92. The minimum Gasteiger partial charge on any atom is -0.494 e. The number of nitrogens with one attached hydrogen (secondary N) is 1. The fraction of sp³-hybridized carbons (Fsp3) is 0.714. The summed E-state index contributed by atoms with van der Waals surface area (Å²) in [6, 6.07) is 0. The third kappa shape index (κ3) is 2.42. The number of hydrogen-bond donors (Lipinski definition) is 1. The van der Waals surface area contributed by atoms with Crippen LogP contribution in [0.15, 0.2) is 23.1 Å². The van der Waals surface area contributed by atoms with E-state index in [1.54, 1.807) is 5.57 Å². The Bertz CT molecular complexity index is 304. The van der Waals surface area contributed by atoms with Crippen molar-refractivity contribution >= 4 is 0 Å². The van der Waals surface area contributed by atoms with E-state index in [1.807, 2.05) is 0 Å². The largest absolute Gasteiger partial charge is 0.494 e. The maximum atomic E-state index is 5.76. The van der Waals surface area contributed by atoms with Gasteiger partial charge >= 0.3 is 0 Å². The highest BCUT2D eigenvalue weighted by molar-refractivity contribution is 5.32. The SMILES string of the molecule is CCCC1=CC2=C(CC1CCC)OCCN2. The van der Waals surface area contributed by atoms with Crippen molar-refractivity contribution < 1.29 is 4.74 Å². The molecule has 16 heavy (non-hydrogen) atoms. The third-order valence-corrected chi connectivity index (χ3v) is 3.46.